The summed E-state index contributed by atoms with van der Waals surface area (Å²) in [6, 6.07) is 15.6. The molecule has 3 aromatic rings. The molecule has 4 rings (SSSR count). The molecule has 0 spiro atoms. The van der Waals surface area contributed by atoms with Gasteiger partial charge in [0, 0.05) is 18.5 Å². The van der Waals surface area contributed by atoms with Crippen LogP contribution in [0.25, 0.3) is 10.8 Å². The smallest absolute Gasteiger partial charge is 0.272 e. The van der Waals surface area contributed by atoms with Gasteiger partial charge in [-0.1, -0.05) is 30.3 Å². The maximum atomic E-state index is 13.1. The van der Waals surface area contributed by atoms with Gasteiger partial charge in [-0.2, -0.15) is 0 Å². The van der Waals surface area contributed by atoms with Gasteiger partial charge >= 0.3 is 0 Å². The van der Waals surface area contributed by atoms with Crippen LogP contribution in [0, 0.1) is 0 Å². The van der Waals surface area contributed by atoms with Gasteiger partial charge in [0.05, 0.1) is 23.5 Å². The van der Waals surface area contributed by atoms with E-state index < -0.39 is 5.91 Å². The standard InChI is InChI=1S/C23H23N3O4/c1-14-12-26(13-15(2)30-14)23(29)18-9-5-6-10-19(18)24-22(28)20-11-16-7-3-4-8-17(16)21(27)25-20/h3-11,14-15H,12-13H2,1-2H3,(H,24,28)(H,25,27)/t14-,15-/m0/s1. The van der Waals surface area contributed by atoms with Crippen LogP contribution in [0.5, 0.6) is 0 Å². The average Bonchev–Trinajstić information content (AvgIpc) is 2.73. The molecule has 2 amide bonds. The predicted octanol–water partition coefficient (Wildman–Crippen LogP) is 3.03. The summed E-state index contributed by atoms with van der Waals surface area (Å²) < 4.78 is 5.70. The first-order valence-corrected chi connectivity index (χ1v) is 9.89. The van der Waals surface area contributed by atoms with Crippen LogP contribution in [-0.2, 0) is 4.74 Å². The number of H-pyrrole nitrogens is 1. The van der Waals surface area contributed by atoms with E-state index in [1.807, 2.05) is 19.9 Å². The third kappa shape index (κ3) is 3.97. The van der Waals surface area contributed by atoms with Crippen LogP contribution in [0.2, 0.25) is 0 Å². The number of hydrogen-bond acceptors (Lipinski definition) is 4. The van der Waals surface area contributed by atoms with E-state index in [9.17, 15) is 14.4 Å². The Hall–Kier alpha value is -3.45. The number of anilines is 1. The molecule has 1 fully saturated rings. The second-order valence-corrected chi connectivity index (χ2v) is 7.57. The second kappa shape index (κ2) is 8.12. The maximum absolute atomic E-state index is 13.1. The van der Waals surface area contributed by atoms with Crippen molar-refractivity contribution < 1.29 is 14.3 Å². The number of pyridine rings is 1. The quantitative estimate of drug-likeness (QED) is 0.701. The lowest BCUT2D eigenvalue weighted by atomic mass is 10.1. The maximum Gasteiger partial charge on any atom is 0.272 e. The van der Waals surface area contributed by atoms with Gasteiger partial charge < -0.3 is 19.9 Å². The van der Waals surface area contributed by atoms with E-state index in [1.54, 1.807) is 53.4 Å². The third-order valence-electron chi connectivity index (χ3n) is 5.11. The van der Waals surface area contributed by atoms with Gasteiger partial charge in [-0.3, -0.25) is 14.4 Å². The van der Waals surface area contributed by atoms with E-state index >= 15 is 0 Å². The van der Waals surface area contributed by atoms with Crippen molar-refractivity contribution in [1.29, 1.82) is 0 Å². The van der Waals surface area contributed by atoms with E-state index in [0.29, 0.717) is 35.1 Å². The monoisotopic (exact) mass is 405 g/mol. The number of fused-ring (bicyclic) bond motifs is 1. The Labute approximate surface area is 173 Å². The summed E-state index contributed by atoms with van der Waals surface area (Å²) in [5, 5.41) is 3.96. The Balaban J connectivity index is 1.61. The van der Waals surface area contributed by atoms with Crippen LogP contribution < -0.4 is 10.9 Å². The SMILES string of the molecule is C[C@H]1CN(C(=O)c2ccccc2NC(=O)c2cc3ccccc3c(=O)[nH]2)C[C@H](C)O1. The van der Waals surface area contributed by atoms with E-state index in [2.05, 4.69) is 10.3 Å². The normalized spacial score (nSPS) is 18.9. The van der Waals surface area contributed by atoms with E-state index in [-0.39, 0.29) is 29.4 Å². The Bertz CT molecular complexity index is 1160. The molecule has 2 aromatic carbocycles. The topological polar surface area (TPSA) is 91.5 Å². The highest BCUT2D eigenvalue weighted by molar-refractivity contribution is 6.09. The number of para-hydroxylation sites is 1. The minimum atomic E-state index is -0.484. The summed E-state index contributed by atoms with van der Waals surface area (Å²) in [6.07, 6.45) is -0.107. The van der Waals surface area contributed by atoms with Gasteiger partial charge in [-0.05, 0) is 43.5 Å². The van der Waals surface area contributed by atoms with Gasteiger partial charge in [-0.25, -0.2) is 0 Å². The van der Waals surface area contributed by atoms with Crippen molar-refractivity contribution in [1.82, 2.24) is 9.88 Å². The lowest BCUT2D eigenvalue weighted by molar-refractivity contribution is -0.0585. The molecule has 7 nitrogen and oxygen atoms in total. The average molecular weight is 405 g/mol. The summed E-state index contributed by atoms with van der Waals surface area (Å²) in [5.41, 5.74) is 0.595. The first kappa shape index (κ1) is 19.8. The molecular weight excluding hydrogens is 382 g/mol. The number of nitrogens with one attached hydrogen (secondary N) is 2. The molecule has 2 heterocycles. The lowest BCUT2D eigenvalue weighted by Crippen LogP contribution is -2.48. The first-order chi connectivity index (χ1) is 14.4. The third-order valence-corrected chi connectivity index (χ3v) is 5.11. The Morgan fingerprint density at radius 3 is 2.47 bits per heavy atom. The van der Waals surface area contributed by atoms with Crippen LogP contribution in [0.3, 0.4) is 0 Å². The van der Waals surface area contributed by atoms with Crippen LogP contribution >= 0.6 is 0 Å². The number of amides is 2. The number of benzene rings is 2. The number of hydrogen-bond donors (Lipinski definition) is 2. The molecule has 0 bridgehead atoms. The molecule has 1 saturated heterocycles. The molecule has 0 aliphatic carbocycles. The number of carbonyl (C=O) groups excluding carboxylic acids is 2. The molecule has 0 unspecified atom stereocenters. The Morgan fingerprint density at radius 1 is 1.03 bits per heavy atom. The highest BCUT2D eigenvalue weighted by Crippen LogP contribution is 2.21. The molecule has 1 aliphatic heterocycles. The molecule has 2 atom stereocenters. The van der Waals surface area contributed by atoms with Gasteiger partial charge in [0.1, 0.15) is 5.69 Å². The van der Waals surface area contributed by atoms with Gasteiger partial charge in [0.2, 0.25) is 0 Å². The van der Waals surface area contributed by atoms with Crippen molar-refractivity contribution in [2.75, 3.05) is 18.4 Å². The molecule has 0 saturated carbocycles. The molecule has 1 aliphatic rings. The minimum Gasteiger partial charge on any atom is -0.372 e. The van der Waals surface area contributed by atoms with Crippen molar-refractivity contribution in [2.45, 2.75) is 26.1 Å². The number of ether oxygens (including phenoxy) is 1. The zero-order valence-corrected chi connectivity index (χ0v) is 16.8. The molecule has 0 radical (unpaired) electrons. The molecular formula is C23H23N3O4. The van der Waals surface area contributed by atoms with Crippen LogP contribution in [-0.4, -0.2) is 47.0 Å². The number of aromatic nitrogens is 1. The van der Waals surface area contributed by atoms with Gasteiger partial charge in [-0.15, -0.1) is 0 Å². The van der Waals surface area contributed by atoms with Crippen molar-refractivity contribution >= 4 is 28.3 Å². The number of morpholine rings is 1. The largest absolute Gasteiger partial charge is 0.372 e. The van der Waals surface area contributed by atoms with Gasteiger partial charge in [0.15, 0.2) is 0 Å². The fourth-order valence-electron chi connectivity index (χ4n) is 3.82. The van der Waals surface area contributed by atoms with Crippen LogP contribution in [0.4, 0.5) is 5.69 Å². The van der Waals surface area contributed by atoms with Crippen molar-refractivity contribution in [3.63, 3.8) is 0 Å². The first-order valence-electron chi connectivity index (χ1n) is 9.89. The zero-order chi connectivity index (χ0) is 21.3. The molecule has 2 N–H and O–H groups in total. The van der Waals surface area contributed by atoms with Crippen molar-refractivity contribution in [3.05, 3.63) is 76.2 Å². The van der Waals surface area contributed by atoms with Crippen molar-refractivity contribution in [2.24, 2.45) is 0 Å². The second-order valence-electron chi connectivity index (χ2n) is 7.57. The highest BCUT2D eigenvalue weighted by Gasteiger charge is 2.28. The zero-order valence-electron chi connectivity index (χ0n) is 16.8. The minimum absolute atomic E-state index is 0.0536. The van der Waals surface area contributed by atoms with Crippen LogP contribution in [0.1, 0.15) is 34.7 Å². The molecule has 7 heteroatoms. The van der Waals surface area contributed by atoms with E-state index in [0.717, 1.165) is 0 Å². The Kier molecular flexibility index (Phi) is 5.37. The van der Waals surface area contributed by atoms with Crippen molar-refractivity contribution in [3.8, 4) is 0 Å². The number of aromatic amines is 1. The fraction of sp³-hybridized carbons (Fsp3) is 0.261. The number of rotatable bonds is 3. The lowest BCUT2D eigenvalue weighted by Gasteiger charge is -2.35. The van der Waals surface area contributed by atoms with Gasteiger partial charge in [0.25, 0.3) is 17.4 Å². The summed E-state index contributed by atoms with van der Waals surface area (Å²) >= 11 is 0. The summed E-state index contributed by atoms with van der Waals surface area (Å²) in [7, 11) is 0. The summed E-state index contributed by atoms with van der Waals surface area (Å²) in [5.74, 6) is -0.651. The Morgan fingerprint density at radius 2 is 1.70 bits per heavy atom. The fourth-order valence-corrected chi connectivity index (χ4v) is 3.82. The summed E-state index contributed by atoms with van der Waals surface area (Å²) in [6.45, 7) is 4.84. The van der Waals surface area contributed by atoms with E-state index in [4.69, 9.17) is 4.74 Å². The molecule has 1 aromatic heterocycles. The molecule has 154 valence electrons. The molecule has 30 heavy (non-hydrogen) atoms. The summed E-state index contributed by atoms with van der Waals surface area (Å²) in [4.78, 5) is 42.6. The predicted molar refractivity (Wildman–Crippen MR) is 115 cm³/mol. The number of nitrogens with zero attached hydrogens (tertiary/aromatic N) is 1. The highest BCUT2D eigenvalue weighted by atomic mass is 16.5. The van der Waals surface area contributed by atoms with E-state index in [1.165, 1.54) is 0 Å². The number of carbonyl (C=O) groups is 2. The van der Waals surface area contributed by atoms with Crippen LogP contribution in [0.15, 0.2) is 59.4 Å².